The van der Waals surface area contributed by atoms with Crippen LogP contribution in [0, 0.1) is 0 Å². The highest BCUT2D eigenvalue weighted by Gasteiger charge is 2.53. The number of aliphatic hydroxyl groups is 11. The zero-order valence-corrected chi connectivity index (χ0v) is 48.9. The lowest BCUT2D eigenvalue weighted by molar-refractivity contribution is -0.379. The molecular weight excluding hydrogens is 1020 g/mol. The molecule has 1 amide bonds. The minimum absolute atomic E-state index is 0.258. The summed E-state index contributed by atoms with van der Waals surface area (Å²) in [6, 6.07) is -0.877. The number of carbonyl (C=O) groups excluding carboxylic acids is 1. The molecule has 0 radical (unpaired) electrons. The number of amides is 1. The molecule has 0 saturated carbocycles. The van der Waals surface area contributed by atoms with Crippen molar-refractivity contribution in [3.8, 4) is 0 Å². The second-order valence-corrected chi connectivity index (χ2v) is 23.2. The standard InChI is InChI=1S/C60H115NO18/c1-3-5-7-9-10-11-12-13-14-15-16-17-18-19-20-21-22-23-24-25-26-27-28-29-30-31-32-33-34-35-37-44(65)43(61-48(66)38-36-8-6-4-2)42-74-58-54(72)51(69)56(46(40-63)76-58)79-60-55(73)52(70)57(47(41-64)77-60)78-59-53(71)50(68)49(67)45(39-62)75-59/h43-47,49-60,62-65,67-73H,3-42H2,1-2H3,(H,61,66). The van der Waals surface area contributed by atoms with Gasteiger partial charge >= 0.3 is 0 Å². The summed E-state index contributed by atoms with van der Waals surface area (Å²) >= 11 is 0. The molecule has 3 saturated heterocycles. The summed E-state index contributed by atoms with van der Waals surface area (Å²) in [5.41, 5.74) is 0. The normalized spacial score (nSPS) is 30.2. The van der Waals surface area contributed by atoms with E-state index in [0.717, 1.165) is 44.9 Å². The minimum Gasteiger partial charge on any atom is -0.394 e. The lowest BCUT2D eigenvalue weighted by Gasteiger charge is -2.48. The first-order chi connectivity index (χ1) is 38.3. The molecule has 3 aliphatic rings. The van der Waals surface area contributed by atoms with Crippen LogP contribution in [-0.4, -0.2) is 193 Å². The Hall–Kier alpha value is -1.21. The Labute approximate surface area is 474 Å². The fraction of sp³-hybridized carbons (Fsp3) is 0.983. The molecule has 0 aromatic carbocycles. The van der Waals surface area contributed by atoms with E-state index in [0.29, 0.717) is 12.8 Å². The van der Waals surface area contributed by atoms with Crippen molar-refractivity contribution < 1.29 is 89.4 Å². The third-order valence-corrected chi connectivity index (χ3v) is 16.4. The van der Waals surface area contributed by atoms with Gasteiger partial charge in [-0.25, -0.2) is 0 Å². The molecule has 0 aromatic rings. The van der Waals surface area contributed by atoms with E-state index in [1.165, 1.54) is 167 Å². The number of nitrogens with one attached hydrogen (secondary N) is 1. The maximum Gasteiger partial charge on any atom is 0.220 e. The van der Waals surface area contributed by atoms with Crippen molar-refractivity contribution in [2.24, 2.45) is 0 Å². The minimum atomic E-state index is -1.97. The van der Waals surface area contributed by atoms with Gasteiger partial charge in [-0.15, -0.1) is 0 Å². The van der Waals surface area contributed by atoms with Crippen molar-refractivity contribution in [2.45, 2.75) is 349 Å². The summed E-state index contributed by atoms with van der Waals surface area (Å²) in [7, 11) is 0. The molecule has 0 aliphatic carbocycles. The molecule has 0 spiro atoms. The van der Waals surface area contributed by atoms with Crippen LogP contribution in [0.1, 0.15) is 245 Å². The van der Waals surface area contributed by atoms with E-state index in [1.807, 2.05) is 0 Å². The fourth-order valence-electron chi connectivity index (χ4n) is 11.2. The fourth-order valence-corrected chi connectivity index (χ4v) is 11.2. The Bertz CT molecular complexity index is 1450. The Morgan fingerprint density at radius 2 is 0.722 bits per heavy atom. The number of carbonyl (C=O) groups is 1. The molecule has 17 unspecified atom stereocenters. The summed E-state index contributed by atoms with van der Waals surface area (Å²) in [5, 5.41) is 120. The SMILES string of the molecule is CCCCCCCCCCCCCCCCCCCCCCCCCCCCCCCCC(O)C(COC1OC(CO)C(OC2OC(CO)C(OC3OC(CO)C(O)C(O)C3O)C(O)C2O)C(O)C1O)NC(=O)CCCCCC. The molecule has 3 heterocycles. The van der Waals surface area contributed by atoms with Gasteiger partial charge < -0.3 is 89.9 Å². The van der Waals surface area contributed by atoms with Gasteiger partial charge in [0, 0.05) is 6.42 Å². The van der Waals surface area contributed by atoms with Crippen molar-refractivity contribution in [3.05, 3.63) is 0 Å². The van der Waals surface area contributed by atoms with Gasteiger partial charge in [-0.05, 0) is 12.8 Å². The number of hydrogen-bond acceptors (Lipinski definition) is 18. The topological polar surface area (TPSA) is 307 Å². The van der Waals surface area contributed by atoms with Gasteiger partial charge in [-0.3, -0.25) is 4.79 Å². The third-order valence-electron chi connectivity index (χ3n) is 16.4. The molecule has 468 valence electrons. The van der Waals surface area contributed by atoms with Crippen LogP contribution in [0.25, 0.3) is 0 Å². The van der Waals surface area contributed by atoms with Gasteiger partial charge in [0.25, 0.3) is 0 Å². The zero-order valence-electron chi connectivity index (χ0n) is 48.9. The van der Waals surface area contributed by atoms with Crippen molar-refractivity contribution in [1.29, 1.82) is 0 Å². The molecular formula is C60H115NO18. The molecule has 12 N–H and O–H groups in total. The highest BCUT2D eigenvalue weighted by molar-refractivity contribution is 5.76. The van der Waals surface area contributed by atoms with Crippen LogP contribution in [0.3, 0.4) is 0 Å². The van der Waals surface area contributed by atoms with E-state index in [2.05, 4.69) is 19.2 Å². The Morgan fingerprint density at radius 1 is 0.405 bits per heavy atom. The summed E-state index contributed by atoms with van der Waals surface area (Å²) in [6.07, 6.45) is 17.4. The van der Waals surface area contributed by atoms with Crippen LogP contribution in [0.2, 0.25) is 0 Å². The highest BCUT2D eigenvalue weighted by atomic mass is 16.8. The summed E-state index contributed by atoms with van der Waals surface area (Å²) in [6.45, 7) is 1.67. The molecule has 19 nitrogen and oxygen atoms in total. The van der Waals surface area contributed by atoms with Gasteiger partial charge in [-0.1, -0.05) is 226 Å². The van der Waals surface area contributed by atoms with Crippen LogP contribution < -0.4 is 5.32 Å². The quantitative estimate of drug-likeness (QED) is 0.0294. The Kier molecular flexibility index (Phi) is 40.4. The van der Waals surface area contributed by atoms with Gasteiger partial charge in [0.2, 0.25) is 5.91 Å². The molecule has 17 atom stereocenters. The molecule has 19 heteroatoms. The second kappa shape index (κ2) is 44.3. The predicted molar refractivity (Wildman–Crippen MR) is 300 cm³/mol. The maximum atomic E-state index is 13.0. The largest absolute Gasteiger partial charge is 0.394 e. The first-order valence-corrected chi connectivity index (χ1v) is 31.8. The van der Waals surface area contributed by atoms with Crippen LogP contribution in [-0.2, 0) is 33.2 Å². The molecule has 3 fully saturated rings. The van der Waals surface area contributed by atoms with Crippen LogP contribution in [0.5, 0.6) is 0 Å². The smallest absolute Gasteiger partial charge is 0.220 e. The van der Waals surface area contributed by atoms with Crippen molar-refractivity contribution in [2.75, 3.05) is 26.4 Å². The van der Waals surface area contributed by atoms with Crippen molar-refractivity contribution in [3.63, 3.8) is 0 Å². The second-order valence-electron chi connectivity index (χ2n) is 23.2. The van der Waals surface area contributed by atoms with Gasteiger partial charge in [0.05, 0.1) is 38.6 Å². The van der Waals surface area contributed by atoms with E-state index in [9.17, 15) is 61.0 Å². The number of unbranched alkanes of at least 4 members (excludes halogenated alkanes) is 32. The lowest BCUT2D eigenvalue weighted by Crippen LogP contribution is -2.66. The number of ether oxygens (including phenoxy) is 6. The average molecular weight is 1140 g/mol. The molecule has 0 aromatic heterocycles. The first kappa shape index (κ1) is 72.1. The monoisotopic (exact) mass is 1140 g/mol. The average Bonchev–Trinajstić information content (AvgIpc) is 3.46. The number of rotatable bonds is 48. The Morgan fingerprint density at radius 3 is 1.10 bits per heavy atom. The van der Waals surface area contributed by atoms with E-state index in [1.54, 1.807) is 0 Å². The number of hydrogen-bond donors (Lipinski definition) is 12. The highest BCUT2D eigenvalue weighted by Crippen LogP contribution is 2.33. The van der Waals surface area contributed by atoms with E-state index in [4.69, 9.17) is 28.4 Å². The lowest BCUT2D eigenvalue weighted by atomic mass is 9.96. The van der Waals surface area contributed by atoms with E-state index >= 15 is 0 Å². The first-order valence-electron chi connectivity index (χ1n) is 31.8. The van der Waals surface area contributed by atoms with Crippen LogP contribution in [0.15, 0.2) is 0 Å². The third kappa shape index (κ3) is 28.0. The molecule has 3 rings (SSSR count). The zero-order chi connectivity index (χ0) is 57.6. The van der Waals surface area contributed by atoms with Gasteiger partial charge in [-0.2, -0.15) is 0 Å². The summed E-state index contributed by atoms with van der Waals surface area (Å²) < 4.78 is 34.1. The molecule has 0 bridgehead atoms. The van der Waals surface area contributed by atoms with Gasteiger partial charge in [0.1, 0.15) is 73.2 Å². The maximum absolute atomic E-state index is 13.0. The van der Waals surface area contributed by atoms with Crippen molar-refractivity contribution >= 4 is 5.91 Å². The van der Waals surface area contributed by atoms with Gasteiger partial charge in [0.15, 0.2) is 18.9 Å². The van der Waals surface area contributed by atoms with E-state index in [-0.39, 0.29) is 18.9 Å². The Balaban J connectivity index is 1.30. The molecule has 79 heavy (non-hydrogen) atoms. The predicted octanol–water partition coefficient (Wildman–Crippen LogP) is 6.38. The van der Waals surface area contributed by atoms with Crippen molar-refractivity contribution in [1.82, 2.24) is 5.32 Å². The number of aliphatic hydroxyl groups excluding tert-OH is 11. The van der Waals surface area contributed by atoms with Crippen LogP contribution in [0.4, 0.5) is 0 Å². The van der Waals surface area contributed by atoms with E-state index < -0.39 is 124 Å². The summed E-state index contributed by atoms with van der Waals surface area (Å²) in [5.74, 6) is -0.258. The van der Waals surface area contributed by atoms with Crippen LogP contribution >= 0.6 is 0 Å². The summed E-state index contributed by atoms with van der Waals surface area (Å²) in [4.78, 5) is 13.0. The molecule has 3 aliphatic heterocycles.